The molecule has 2 N–H and O–H groups in total. The number of aliphatic hydroxyl groups is 1. The molecule has 0 radical (unpaired) electrons. The minimum Gasteiger partial charge on any atom is -0.394 e. The molecule has 19 heavy (non-hydrogen) atoms. The molecule has 0 aliphatic rings. The highest BCUT2D eigenvalue weighted by molar-refractivity contribution is 7.90. The van der Waals surface area contributed by atoms with E-state index < -0.39 is 20.4 Å². The number of hydrogen-bond acceptors (Lipinski definition) is 6. The van der Waals surface area contributed by atoms with Gasteiger partial charge in [0.1, 0.15) is 4.90 Å². The maximum absolute atomic E-state index is 11.6. The van der Waals surface area contributed by atoms with Gasteiger partial charge in [0.25, 0.3) is 5.69 Å². The first kappa shape index (κ1) is 15.4. The summed E-state index contributed by atoms with van der Waals surface area (Å²) in [5, 5.41) is 22.8. The van der Waals surface area contributed by atoms with E-state index in [4.69, 9.17) is 5.11 Å². The molecule has 0 aliphatic heterocycles. The van der Waals surface area contributed by atoms with Gasteiger partial charge >= 0.3 is 0 Å². The molecule has 0 fully saturated rings. The van der Waals surface area contributed by atoms with E-state index in [-0.39, 0.29) is 17.5 Å². The molecule has 0 aliphatic carbocycles. The number of nitro groups is 1. The third kappa shape index (κ3) is 3.90. The van der Waals surface area contributed by atoms with Crippen molar-refractivity contribution in [3.8, 4) is 0 Å². The predicted octanol–water partition coefficient (Wildman–Crippen LogP) is 1.18. The lowest BCUT2D eigenvalue weighted by Gasteiger charge is -2.15. The van der Waals surface area contributed by atoms with Gasteiger partial charge in [0.15, 0.2) is 9.84 Å². The molecule has 0 bridgehead atoms. The number of nitrogens with one attached hydrogen (secondary N) is 1. The molecule has 1 aromatic rings. The summed E-state index contributed by atoms with van der Waals surface area (Å²) in [6.07, 6.45) is 1.56. The Morgan fingerprint density at radius 2 is 2.11 bits per heavy atom. The van der Waals surface area contributed by atoms with E-state index in [9.17, 15) is 18.5 Å². The second-order valence-electron chi connectivity index (χ2n) is 4.14. The van der Waals surface area contributed by atoms with Crippen molar-refractivity contribution >= 4 is 21.2 Å². The Bertz CT molecular complexity index is 566. The summed E-state index contributed by atoms with van der Waals surface area (Å²) < 4.78 is 23.1. The Morgan fingerprint density at radius 3 is 2.53 bits per heavy atom. The van der Waals surface area contributed by atoms with Crippen LogP contribution in [-0.4, -0.2) is 37.4 Å². The van der Waals surface area contributed by atoms with Crippen LogP contribution in [0.4, 0.5) is 11.4 Å². The number of nitro benzene ring substituents is 1. The Balaban J connectivity index is 3.23. The first-order valence-corrected chi connectivity index (χ1v) is 7.54. The molecular weight excluding hydrogens is 272 g/mol. The van der Waals surface area contributed by atoms with Crippen LogP contribution in [0.1, 0.15) is 13.3 Å². The molecular formula is C11H16N2O5S. The normalized spacial score (nSPS) is 13.0. The zero-order chi connectivity index (χ0) is 14.6. The minimum atomic E-state index is -3.69. The summed E-state index contributed by atoms with van der Waals surface area (Å²) in [4.78, 5) is 9.72. The smallest absolute Gasteiger partial charge is 0.288 e. The van der Waals surface area contributed by atoms with Crippen molar-refractivity contribution in [3.63, 3.8) is 0 Å². The molecule has 0 amide bonds. The largest absolute Gasteiger partial charge is 0.394 e. The van der Waals surface area contributed by atoms with Gasteiger partial charge in [-0.1, -0.05) is 6.92 Å². The maximum atomic E-state index is 11.6. The molecule has 1 atom stereocenters. The first-order chi connectivity index (χ1) is 8.79. The van der Waals surface area contributed by atoms with E-state index in [1.54, 1.807) is 0 Å². The van der Waals surface area contributed by atoms with E-state index in [0.29, 0.717) is 12.1 Å². The van der Waals surface area contributed by atoms with Crippen molar-refractivity contribution in [2.75, 3.05) is 18.2 Å². The number of benzene rings is 1. The number of hydrogen-bond donors (Lipinski definition) is 2. The quantitative estimate of drug-likeness (QED) is 0.601. The monoisotopic (exact) mass is 288 g/mol. The second-order valence-corrected chi connectivity index (χ2v) is 6.13. The van der Waals surface area contributed by atoms with Crippen LogP contribution in [0.2, 0.25) is 0 Å². The number of rotatable bonds is 6. The highest BCUT2D eigenvalue weighted by atomic mass is 32.2. The molecule has 0 heterocycles. The fourth-order valence-corrected chi connectivity index (χ4v) is 2.43. The fraction of sp³-hybridized carbons (Fsp3) is 0.455. The van der Waals surface area contributed by atoms with E-state index in [0.717, 1.165) is 12.3 Å². The van der Waals surface area contributed by atoms with Gasteiger partial charge in [-0.3, -0.25) is 10.1 Å². The minimum absolute atomic E-state index is 0.109. The van der Waals surface area contributed by atoms with Gasteiger partial charge in [-0.05, 0) is 18.6 Å². The Hall–Kier alpha value is -1.67. The molecule has 0 saturated carbocycles. The SMILES string of the molecule is CC[C@@H](CO)Nc1ccc([N+](=O)[O-])c(S(C)(=O)=O)c1. The van der Waals surface area contributed by atoms with Crippen LogP contribution in [0, 0.1) is 10.1 Å². The number of nitrogens with zero attached hydrogens (tertiary/aromatic N) is 1. The molecule has 0 spiro atoms. The van der Waals surface area contributed by atoms with Crippen LogP contribution >= 0.6 is 0 Å². The lowest BCUT2D eigenvalue weighted by atomic mass is 10.2. The number of anilines is 1. The average molecular weight is 288 g/mol. The van der Waals surface area contributed by atoms with Crippen molar-refractivity contribution in [2.45, 2.75) is 24.3 Å². The summed E-state index contributed by atoms with van der Waals surface area (Å²) in [6.45, 7) is 1.75. The highest BCUT2D eigenvalue weighted by Gasteiger charge is 2.22. The van der Waals surface area contributed by atoms with E-state index >= 15 is 0 Å². The summed E-state index contributed by atoms with van der Waals surface area (Å²) in [5.41, 5.74) is -0.0305. The maximum Gasteiger partial charge on any atom is 0.288 e. The van der Waals surface area contributed by atoms with Crippen LogP contribution in [-0.2, 0) is 9.84 Å². The van der Waals surface area contributed by atoms with Crippen LogP contribution in [0.15, 0.2) is 23.1 Å². The Labute approximate surface area is 111 Å². The topological polar surface area (TPSA) is 110 Å². The molecule has 1 rings (SSSR count). The van der Waals surface area contributed by atoms with Crippen LogP contribution in [0.25, 0.3) is 0 Å². The first-order valence-electron chi connectivity index (χ1n) is 5.65. The second kappa shape index (κ2) is 5.98. The number of sulfone groups is 1. The lowest BCUT2D eigenvalue weighted by molar-refractivity contribution is -0.387. The third-order valence-corrected chi connectivity index (χ3v) is 3.77. The summed E-state index contributed by atoms with van der Waals surface area (Å²) in [5.74, 6) is 0. The molecule has 106 valence electrons. The highest BCUT2D eigenvalue weighted by Crippen LogP contribution is 2.27. The van der Waals surface area contributed by atoms with Gasteiger partial charge in [-0.15, -0.1) is 0 Å². The zero-order valence-electron chi connectivity index (χ0n) is 10.7. The van der Waals surface area contributed by atoms with Gasteiger partial charge < -0.3 is 10.4 Å². The number of aliphatic hydroxyl groups excluding tert-OH is 1. The van der Waals surface area contributed by atoms with Gasteiger partial charge in [-0.25, -0.2) is 8.42 Å². The van der Waals surface area contributed by atoms with E-state index in [1.807, 2.05) is 6.92 Å². The molecule has 7 nitrogen and oxygen atoms in total. The molecule has 8 heteroatoms. The van der Waals surface area contributed by atoms with Crippen molar-refractivity contribution in [3.05, 3.63) is 28.3 Å². The third-order valence-electron chi connectivity index (χ3n) is 2.64. The van der Waals surface area contributed by atoms with Crippen LogP contribution in [0.3, 0.4) is 0 Å². The Morgan fingerprint density at radius 1 is 1.47 bits per heavy atom. The van der Waals surface area contributed by atoms with Gasteiger partial charge in [0.05, 0.1) is 11.5 Å². The van der Waals surface area contributed by atoms with Gasteiger partial charge in [0, 0.05) is 24.1 Å². The Kier molecular flexibility index (Phi) is 4.84. The van der Waals surface area contributed by atoms with E-state index in [2.05, 4.69) is 5.32 Å². The summed E-state index contributed by atoms with van der Waals surface area (Å²) >= 11 is 0. The standard InChI is InChI=1S/C11H16N2O5S/c1-3-8(7-14)12-9-4-5-10(13(15)16)11(6-9)19(2,17)18/h4-6,8,12,14H,3,7H2,1-2H3/t8-/m0/s1. The van der Waals surface area contributed by atoms with Crippen molar-refractivity contribution in [1.29, 1.82) is 0 Å². The van der Waals surface area contributed by atoms with Crippen LogP contribution in [0.5, 0.6) is 0 Å². The predicted molar refractivity (Wildman–Crippen MR) is 71.0 cm³/mol. The zero-order valence-corrected chi connectivity index (χ0v) is 11.5. The lowest BCUT2D eigenvalue weighted by Crippen LogP contribution is -2.22. The van der Waals surface area contributed by atoms with Gasteiger partial charge in [-0.2, -0.15) is 0 Å². The van der Waals surface area contributed by atoms with E-state index in [1.165, 1.54) is 12.1 Å². The van der Waals surface area contributed by atoms with Crippen LogP contribution < -0.4 is 5.32 Å². The van der Waals surface area contributed by atoms with Gasteiger partial charge in [0.2, 0.25) is 0 Å². The van der Waals surface area contributed by atoms with Crippen molar-refractivity contribution in [2.24, 2.45) is 0 Å². The summed E-state index contributed by atoms with van der Waals surface area (Å²) in [6, 6.07) is 3.55. The van der Waals surface area contributed by atoms with Crippen molar-refractivity contribution in [1.82, 2.24) is 0 Å². The molecule has 1 aromatic carbocycles. The average Bonchev–Trinajstić information content (AvgIpc) is 2.34. The summed E-state index contributed by atoms with van der Waals surface area (Å²) in [7, 11) is -3.69. The fourth-order valence-electron chi connectivity index (χ4n) is 1.56. The molecule has 0 unspecified atom stereocenters. The molecule has 0 aromatic heterocycles. The molecule has 0 saturated heterocycles. The van der Waals surface area contributed by atoms with Crippen molar-refractivity contribution < 1.29 is 18.4 Å².